The first-order valence-corrected chi connectivity index (χ1v) is 2.43. The van der Waals surface area contributed by atoms with Gasteiger partial charge in [0.15, 0.2) is 0 Å². The minimum absolute atomic E-state index is 0.556. The van der Waals surface area contributed by atoms with Crippen LogP contribution in [0.15, 0.2) is 0 Å². The summed E-state index contributed by atoms with van der Waals surface area (Å²) in [6.45, 7) is 1.53. The summed E-state index contributed by atoms with van der Waals surface area (Å²) in [5, 5.41) is 0. The highest BCUT2D eigenvalue weighted by Gasteiger charge is 1.85. The van der Waals surface area contributed by atoms with Gasteiger partial charge in [0.2, 0.25) is 0 Å². The zero-order chi connectivity index (χ0) is 4.28. The molecule has 0 rings (SSSR count). The second kappa shape index (κ2) is 2.59. The van der Waals surface area contributed by atoms with Crippen LogP contribution in [-0.4, -0.2) is 12.3 Å². The van der Waals surface area contributed by atoms with Crippen molar-refractivity contribution in [1.82, 2.24) is 0 Å². The molecule has 0 saturated heterocycles. The third kappa shape index (κ3) is 4.36. The van der Waals surface area contributed by atoms with Crippen LogP contribution in [0.5, 0.6) is 0 Å². The van der Waals surface area contributed by atoms with Crippen LogP contribution in [0.4, 0.5) is 4.39 Å². The van der Waals surface area contributed by atoms with Crippen molar-refractivity contribution in [3.63, 3.8) is 0 Å². The van der Waals surface area contributed by atoms with Crippen LogP contribution in [-0.2, 0) is 0 Å². The van der Waals surface area contributed by atoms with Crippen LogP contribution in [0.1, 0.15) is 6.92 Å². The zero-order valence-electron chi connectivity index (χ0n) is 3.24. The molecular formula is C3H8FP. The molecule has 2 heteroatoms. The van der Waals surface area contributed by atoms with Crippen molar-refractivity contribution in [3.05, 3.63) is 0 Å². The molecule has 0 saturated carbocycles. The molecule has 0 amide bonds. The standard InChI is InChI=1S/C3H8FP/c1-3(4)2-5/h3H,2,5H2,1H3. The fraction of sp³-hybridized carbons (Fsp3) is 1.00. The maximum absolute atomic E-state index is 11.4. The molecule has 2 atom stereocenters. The summed E-state index contributed by atoms with van der Waals surface area (Å²) in [4.78, 5) is 0. The molecule has 0 heterocycles. The second-order valence-electron chi connectivity index (χ2n) is 1.02. The van der Waals surface area contributed by atoms with E-state index in [4.69, 9.17) is 0 Å². The first kappa shape index (κ1) is 5.36. The molecule has 0 nitrogen and oxygen atoms in total. The SMILES string of the molecule is CC(F)CP. The molecule has 2 unspecified atom stereocenters. The Bertz CT molecular complexity index is 20.9. The van der Waals surface area contributed by atoms with E-state index >= 15 is 0 Å². The molecule has 0 radical (unpaired) electrons. The summed E-state index contributed by atoms with van der Waals surface area (Å²) in [6.07, 6.45) is -0.0972. The third-order valence-electron chi connectivity index (χ3n) is 0.325. The molecule has 32 valence electrons. The average Bonchev–Trinajstić information content (AvgIpc) is 1.38. The van der Waals surface area contributed by atoms with Gasteiger partial charge in [-0.1, -0.05) is 0 Å². The largest absolute Gasteiger partial charge is 0.247 e. The van der Waals surface area contributed by atoms with Crippen molar-refractivity contribution in [3.8, 4) is 0 Å². The topological polar surface area (TPSA) is 0 Å². The maximum Gasteiger partial charge on any atom is 0.101 e. The predicted molar refractivity (Wildman–Crippen MR) is 25.1 cm³/mol. The minimum Gasteiger partial charge on any atom is -0.247 e. The highest BCUT2D eigenvalue weighted by atomic mass is 31.0. The van der Waals surface area contributed by atoms with Gasteiger partial charge >= 0.3 is 0 Å². The molecular weight excluding hydrogens is 86.0 g/mol. The second-order valence-corrected chi connectivity index (χ2v) is 1.49. The van der Waals surface area contributed by atoms with Crippen LogP contribution in [0.25, 0.3) is 0 Å². The van der Waals surface area contributed by atoms with Crippen LogP contribution in [0.3, 0.4) is 0 Å². The Morgan fingerprint density at radius 3 is 2.20 bits per heavy atom. The molecule has 0 N–H and O–H groups in total. The van der Waals surface area contributed by atoms with E-state index in [2.05, 4.69) is 9.24 Å². The van der Waals surface area contributed by atoms with Crippen molar-refractivity contribution in [1.29, 1.82) is 0 Å². The van der Waals surface area contributed by atoms with Gasteiger partial charge in [-0.3, -0.25) is 0 Å². The lowest BCUT2D eigenvalue weighted by Crippen LogP contribution is -1.89. The Morgan fingerprint density at radius 1 is 2.00 bits per heavy atom. The lowest BCUT2D eigenvalue weighted by Gasteiger charge is -1.86. The molecule has 0 aromatic heterocycles. The summed E-state index contributed by atoms with van der Waals surface area (Å²) in [5.41, 5.74) is 0. The Balaban J connectivity index is 2.54. The fourth-order valence-electron chi connectivity index (χ4n) is 0. The van der Waals surface area contributed by atoms with Gasteiger partial charge in [0.05, 0.1) is 0 Å². The molecule has 5 heavy (non-hydrogen) atoms. The lowest BCUT2D eigenvalue weighted by atomic mass is 10.5. The van der Waals surface area contributed by atoms with Crippen LogP contribution >= 0.6 is 9.24 Å². The number of halogens is 1. The number of rotatable bonds is 1. The van der Waals surface area contributed by atoms with Gasteiger partial charge in [-0.15, -0.1) is 9.24 Å². The summed E-state index contributed by atoms with van der Waals surface area (Å²) >= 11 is 0. The van der Waals surface area contributed by atoms with E-state index in [0.29, 0.717) is 6.16 Å². The monoisotopic (exact) mass is 94.0 g/mol. The van der Waals surface area contributed by atoms with Crippen molar-refractivity contribution in [2.45, 2.75) is 13.1 Å². The van der Waals surface area contributed by atoms with Crippen LogP contribution in [0, 0.1) is 0 Å². The van der Waals surface area contributed by atoms with E-state index in [0.717, 1.165) is 0 Å². The fourth-order valence-corrected chi connectivity index (χ4v) is 0. The van der Waals surface area contributed by atoms with E-state index in [1.807, 2.05) is 0 Å². The van der Waals surface area contributed by atoms with Crippen molar-refractivity contribution in [2.24, 2.45) is 0 Å². The zero-order valence-corrected chi connectivity index (χ0v) is 4.39. The predicted octanol–water partition coefficient (Wildman–Crippen LogP) is 1.22. The summed E-state index contributed by atoms with van der Waals surface area (Å²) in [7, 11) is 2.32. The highest BCUT2D eigenvalue weighted by Crippen LogP contribution is 1.91. The van der Waals surface area contributed by atoms with Gasteiger partial charge in [-0.05, 0) is 13.1 Å². The van der Waals surface area contributed by atoms with E-state index in [-0.39, 0.29) is 0 Å². The van der Waals surface area contributed by atoms with Crippen LogP contribution < -0.4 is 0 Å². The number of hydrogen-bond acceptors (Lipinski definition) is 0. The minimum atomic E-state index is -0.653. The maximum atomic E-state index is 11.4. The quantitative estimate of drug-likeness (QED) is 0.428. The van der Waals surface area contributed by atoms with Gasteiger partial charge < -0.3 is 0 Å². The smallest absolute Gasteiger partial charge is 0.101 e. The Hall–Kier alpha value is 0.360. The van der Waals surface area contributed by atoms with Gasteiger partial charge in [0, 0.05) is 0 Å². The average molecular weight is 94.1 g/mol. The first-order chi connectivity index (χ1) is 2.27. The van der Waals surface area contributed by atoms with Gasteiger partial charge in [0.1, 0.15) is 6.17 Å². The number of alkyl halides is 1. The van der Waals surface area contributed by atoms with E-state index in [1.165, 1.54) is 6.92 Å². The summed E-state index contributed by atoms with van der Waals surface area (Å²) < 4.78 is 11.4. The third-order valence-corrected chi connectivity index (χ3v) is 0.974. The van der Waals surface area contributed by atoms with Gasteiger partial charge in [-0.25, -0.2) is 4.39 Å². The summed E-state index contributed by atoms with van der Waals surface area (Å²) in [6, 6.07) is 0. The van der Waals surface area contributed by atoms with E-state index < -0.39 is 6.17 Å². The van der Waals surface area contributed by atoms with Crippen molar-refractivity contribution >= 4 is 9.24 Å². The molecule has 0 aliphatic heterocycles. The van der Waals surface area contributed by atoms with E-state index in [1.54, 1.807) is 0 Å². The number of hydrogen-bond donors (Lipinski definition) is 0. The molecule has 0 aliphatic rings. The Labute approximate surface area is 34.0 Å². The molecule has 0 aromatic carbocycles. The molecule has 0 aromatic rings. The lowest BCUT2D eigenvalue weighted by molar-refractivity contribution is 0.397. The van der Waals surface area contributed by atoms with Gasteiger partial charge in [-0.2, -0.15) is 0 Å². The Kier molecular flexibility index (Phi) is 2.78. The molecule has 0 spiro atoms. The van der Waals surface area contributed by atoms with E-state index in [9.17, 15) is 4.39 Å². The summed E-state index contributed by atoms with van der Waals surface area (Å²) in [5.74, 6) is 0. The first-order valence-electron chi connectivity index (χ1n) is 1.61. The van der Waals surface area contributed by atoms with Crippen molar-refractivity contribution in [2.75, 3.05) is 6.16 Å². The normalized spacial score (nSPS) is 15.0. The van der Waals surface area contributed by atoms with Crippen LogP contribution in [0.2, 0.25) is 0 Å². The molecule has 0 bridgehead atoms. The molecule has 0 aliphatic carbocycles. The van der Waals surface area contributed by atoms with Crippen molar-refractivity contribution < 1.29 is 4.39 Å². The van der Waals surface area contributed by atoms with Gasteiger partial charge in [0.25, 0.3) is 0 Å². The Morgan fingerprint density at radius 2 is 2.20 bits per heavy atom. The highest BCUT2D eigenvalue weighted by molar-refractivity contribution is 7.16. The molecule has 0 fully saturated rings.